The second-order valence-electron chi connectivity index (χ2n) is 5.81. The molecule has 0 aliphatic rings. The molecule has 1 aromatic carbocycles. The van der Waals surface area contributed by atoms with E-state index in [0.29, 0.717) is 21.1 Å². The van der Waals surface area contributed by atoms with Crippen LogP contribution in [0.5, 0.6) is 0 Å². The molecule has 0 radical (unpaired) electrons. The van der Waals surface area contributed by atoms with E-state index in [2.05, 4.69) is 27.8 Å². The van der Waals surface area contributed by atoms with Crippen LogP contribution in [0.25, 0.3) is 10.7 Å². The van der Waals surface area contributed by atoms with Crippen LogP contribution in [-0.4, -0.2) is 21.0 Å². The zero-order valence-corrected chi connectivity index (χ0v) is 17.4. The summed E-state index contributed by atoms with van der Waals surface area (Å²) in [4.78, 5) is 21.7. The third kappa shape index (κ3) is 3.98. The Labute approximate surface area is 169 Å². The predicted octanol–water partition coefficient (Wildman–Crippen LogP) is 5.78. The molecular weight excluding hydrogens is 436 g/mol. The molecule has 0 spiro atoms. The Morgan fingerprint density at radius 3 is 2.65 bits per heavy atom. The van der Waals surface area contributed by atoms with Gasteiger partial charge in [0.25, 0.3) is 0 Å². The van der Waals surface area contributed by atoms with Crippen LogP contribution in [0.15, 0.2) is 34.8 Å². The smallest absolute Gasteiger partial charge is 0.336 e. The SMILES string of the molecule is CCc1c(C)nc(-c2ccc(Cl)s2)nc1Cc1ccc(Br)c(C(=O)O)c1. The molecule has 0 aliphatic carbocycles. The second-order valence-corrected chi connectivity index (χ2v) is 8.38. The van der Waals surface area contributed by atoms with Gasteiger partial charge in [-0.3, -0.25) is 0 Å². The first kappa shape index (κ1) is 19.0. The molecule has 1 N–H and O–H groups in total. The van der Waals surface area contributed by atoms with Gasteiger partial charge in [-0.2, -0.15) is 0 Å². The van der Waals surface area contributed by atoms with Gasteiger partial charge in [-0.05, 0) is 64.7 Å². The van der Waals surface area contributed by atoms with E-state index in [1.165, 1.54) is 11.3 Å². The Kier molecular flexibility index (Phi) is 5.75. The van der Waals surface area contributed by atoms with E-state index in [1.807, 2.05) is 25.1 Å². The molecule has 0 atom stereocenters. The Hall–Kier alpha value is -1.76. The largest absolute Gasteiger partial charge is 0.478 e. The maximum atomic E-state index is 11.4. The Morgan fingerprint density at radius 1 is 1.27 bits per heavy atom. The number of benzene rings is 1. The lowest BCUT2D eigenvalue weighted by Crippen LogP contribution is -2.06. The van der Waals surface area contributed by atoms with Gasteiger partial charge in [-0.1, -0.05) is 24.6 Å². The van der Waals surface area contributed by atoms with Crippen molar-refractivity contribution in [1.82, 2.24) is 9.97 Å². The van der Waals surface area contributed by atoms with Crippen molar-refractivity contribution in [3.63, 3.8) is 0 Å². The maximum absolute atomic E-state index is 11.4. The van der Waals surface area contributed by atoms with Gasteiger partial charge in [0.15, 0.2) is 5.82 Å². The van der Waals surface area contributed by atoms with E-state index in [-0.39, 0.29) is 5.56 Å². The topological polar surface area (TPSA) is 63.1 Å². The number of carboxylic acids is 1. The van der Waals surface area contributed by atoms with E-state index in [4.69, 9.17) is 16.6 Å². The summed E-state index contributed by atoms with van der Waals surface area (Å²) in [6.45, 7) is 4.05. The van der Waals surface area contributed by atoms with Gasteiger partial charge in [0, 0.05) is 16.6 Å². The van der Waals surface area contributed by atoms with Crippen molar-refractivity contribution in [2.75, 3.05) is 0 Å². The second kappa shape index (κ2) is 7.86. The molecule has 4 nitrogen and oxygen atoms in total. The molecule has 134 valence electrons. The fourth-order valence-electron chi connectivity index (χ4n) is 2.85. The van der Waals surface area contributed by atoms with Crippen molar-refractivity contribution in [1.29, 1.82) is 0 Å². The van der Waals surface area contributed by atoms with Gasteiger partial charge in [0.05, 0.1) is 20.5 Å². The van der Waals surface area contributed by atoms with Crippen molar-refractivity contribution in [3.8, 4) is 10.7 Å². The molecule has 3 rings (SSSR count). The summed E-state index contributed by atoms with van der Waals surface area (Å²) in [5.74, 6) is -0.301. The van der Waals surface area contributed by atoms with Crippen LogP contribution < -0.4 is 0 Å². The number of halogens is 2. The number of aromatic nitrogens is 2. The van der Waals surface area contributed by atoms with Crippen molar-refractivity contribution in [3.05, 3.63) is 67.2 Å². The molecule has 0 bridgehead atoms. The highest BCUT2D eigenvalue weighted by molar-refractivity contribution is 9.10. The minimum Gasteiger partial charge on any atom is -0.478 e. The molecule has 7 heteroatoms. The molecule has 2 aromatic heterocycles. The molecule has 0 saturated carbocycles. The lowest BCUT2D eigenvalue weighted by atomic mass is 10.0. The summed E-state index contributed by atoms with van der Waals surface area (Å²) in [5, 5.41) is 9.33. The van der Waals surface area contributed by atoms with Gasteiger partial charge in [0.2, 0.25) is 0 Å². The van der Waals surface area contributed by atoms with Crippen LogP contribution in [0.2, 0.25) is 4.34 Å². The minimum absolute atomic E-state index is 0.247. The molecule has 0 aliphatic heterocycles. The molecule has 0 unspecified atom stereocenters. The van der Waals surface area contributed by atoms with Gasteiger partial charge in [-0.15, -0.1) is 11.3 Å². The van der Waals surface area contributed by atoms with Crippen molar-refractivity contribution >= 4 is 44.8 Å². The number of hydrogen-bond donors (Lipinski definition) is 1. The van der Waals surface area contributed by atoms with Crippen LogP contribution in [0.4, 0.5) is 0 Å². The molecule has 26 heavy (non-hydrogen) atoms. The van der Waals surface area contributed by atoms with E-state index in [1.54, 1.807) is 12.1 Å². The number of aromatic carboxylic acids is 1. The highest BCUT2D eigenvalue weighted by Crippen LogP contribution is 2.30. The summed E-state index contributed by atoms with van der Waals surface area (Å²) < 4.78 is 1.26. The van der Waals surface area contributed by atoms with Crippen LogP contribution in [0.3, 0.4) is 0 Å². The zero-order valence-electron chi connectivity index (χ0n) is 14.2. The highest BCUT2D eigenvalue weighted by Gasteiger charge is 2.15. The molecule has 0 amide bonds. The Bertz CT molecular complexity index is 988. The number of carboxylic acid groups (broad SMARTS) is 1. The lowest BCUT2D eigenvalue weighted by molar-refractivity contribution is 0.0695. The highest BCUT2D eigenvalue weighted by atomic mass is 79.9. The fraction of sp³-hybridized carbons (Fsp3) is 0.211. The Morgan fingerprint density at radius 2 is 2.04 bits per heavy atom. The summed E-state index contributed by atoms with van der Waals surface area (Å²) in [6.07, 6.45) is 1.36. The standard InChI is InChI=1S/C19H16BrClN2O2S/c1-3-12-10(2)22-18(16-6-7-17(21)26-16)23-15(12)9-11-4-5-14(20)13(8-11)19(24)25/h4-8H,3,9H2,1-2H3,(H,24,25). The van der Waals surface area contributed by atoms with Gasteiger partial charge in [-0.25, -0.2) is 14.8 Å². The molecule has 0 saturated heterocycles. The number of aryl methyl sites for hydroxylation is 1. The summed E-state index contributed by atoms with van der Waals surface area (Å²) >= 11 is 10.8. The van der Waals surface area contributed by atoms with Crippen LogP contribution in [0.1, 0.15) is 39.8 Å². The van der Waals surface area contributed by atoms with E-state index in [0.717, 1.165) is 33.8 Å². The quantitative estimate of drug-likeness (QED) is 0.534. The van der Waals surface area contributed by atoms with Gasteiger partial charge < -0.3 is 5.11 Å². The van der Waals surface area contributed by atoms with Crippen LogP contribution in [0, 0.1) is 6.92 Å². The monoisotopic (exact) mass is 450 g/mol. The van der Waals surface area contributed by atoms with E-state index >= 15 is 0 Å². The fourth-order valence-corrected chi connectivity index (χ4v) is 4.24. The maximum Gasteiger partial charge on any atom is 0.336 e. The van der Waals surface area contributed by atoms with Gasteiger partial charge >= 0.3 is 5.97 Å². The third-order valence-electron chi connectivity index (χ3n) is 4.08. The average Bonchev–Trinajstić information content (AvgIpc) is 3.02. The molecular formula is C19H16BrClN2O2S. The van der Waals surface area contributed by atoms with Crippen LogP contribution >= 0.6 is 38.9 Å². The third-order valence-corrected chi connectivity index (χ3v) is 6.00. The zero-order chi connectivity index (χ0) is 18.8. The number of carbonyl (C=O) groups is 1. The number of thiophene rings is 1. The number of hydrogen-bond acceptors (Lipinski definition) is 4. The van der Waals surface area contributed by atoms with E-state index < -0.39 is 5.97 Å². The number of nitrogens with zero attached hydrogens (tertiary/aromatic N) is 2. The average molecular weight is 452 g/mol. The normalized spacial score (nSPS) is 10.9. The summed E-state index contributed by atoms with van der Waals surface area (Å²) in [6, 6.07) is 9.11. The lowest BCUT2D eigenvalue weighted by Gasteiger charge is -2.12. The summed E-state index contributed by atoms with van der Waals surface area (Å²) in [7, 11) is 0. The first-order valence-corrected chi connectivity index (χ1v) is 10.0. The van der Waals surface area contributed by atoms with Crippen molar-refractivity contribution < 1.29 is 9.90 Å². The molecule has 2 heterocycles. The molecule has 3 aromatic rings. The molecule has 0 fully saturated rings. The first-order valence-electron chi connectivity index (χ1n) is 8.02. The van der Waals surface area contributed by atoms with Crippen molar-refractivity contribution in [2.24, 2.45) is 0 Å². The predicted molar refractivity (Wildman–Crippen MR) is 108 cm³/mol. The van der Waals surface area contributed by atoms with Gasteiger partial charge in [0.1, 0.15) is 0 Å². The number of rotatable bonds is 5. The minimum atomic E-state index is -0.956. The van der Waals surface area contributed by atoms with Crippen LogP contribution in [-0.2, 0) is 12.8 Å². The first-order chi connectivity index (χ1) is 12.4. The summed E-state index contributed by atoms with van der Waals surface area (Å²) in [5.41, 5.74) is 4.09. The van der Waals surface area contributed by atoms with Crippen molar-refractivity contribution in [2.45, 2.75) is 26.7 Å². The Balaban J connectivity index is 2.05. The van der Waals surface area contributed by atoms with E-state index in [9.17, 15) is 9.90 Å².